The van der Waals surface area contributed by atoms with E-state index in [1.54, 1.807) is 12.1 Å². The third-order valence-corrected chi connectivity index (χ3v) is 6.16. The maximum Gasteiger partial charge on any atom is 0.270 e. The fraction of sp³-hybridized carbons (Fsp3) is 0.125. The summed E-state index contributed by atoms with van der Waals surface area (Å²) in [6.07, 6.45) is 1.44. The molecule has 1 saturated heterocycles. The largest absolute Gasteiger partial charge is 0.457 e. The molecule has 1 fully saturated rings. The number of thiocarbonyl (C=S) groups is 1. The van der Waals surface area contributed by atoms with Crippen LogP contribution in [-0.2, 0) is 14.9 Å². The van der Waals surface area contributed by atoms with Gasteiger partial charge in [-0.1, -0.05) is 35.6 Å². The molecule has 0 saturated carbocycles. The molecule has 1 aromatic carbocycles. The van der Waals surface area contributed by atoms with Gasteiger partial charge < -0.3 is 4.42 Å². The summed E-state index contributed by atoms with van der Waals surface area (Å²) in [7, 11) is -4.23. The zero-order chi connectivity index (χ0) is 21.3. The zero-order valence-electron chi connectivity index (χ0n) is 14.3. The number of nitro groups is 1. The molecule has 9 nitrogen and oxygen atoms in total. The molecule has 13 heteroatoms. The number of thioether (sulfide) groups is 1. The Balaban J connectivity index is 1.81. The number of non-ortho nitro benzene ring substituents is 1. The quantitative estimate of drug-likeness (QED) is 0.219. The fourth-order valence-electron chi connectivity index (χ4n) is 2.42. The highest BCUT2D eigenvalue weighted by Crippen LogP contribution is 2.35. The predicted octanol–water partition coefficient (Wildman–Crippen LogP) is 3.60. The molecule has 0 spiro atoms. The van der Waals surface area contributed by atoms with Crippen LogP contribution in [0.25, 0.3) is 17.4 Å². The molecule has 29 heavy (non-hydrogen) atoms. The Labute approximate surface area is 179 Å². The number of nitrogens with zero attached hydrogens (tertiary/aromatic N) is 2. The van der Waals surface area contributed by atoms with Crippen molar-refractivity contribution in [3.8, 4) is 11.3 Å². The van der Waals surface area contributed by atoms with Crippen LogP contribution in [0.3, 0.4) is 0 Å². The molecule has 1 N–H and O–H groups in total. The van der Waals surface area contributed by atoms with Crippen LogP contribution in [0.4, 0.5) is 5.69 Å². The van der Waals surface area contributed by atoms with Gasteiger partial charge in [0.15, 0.2) is 0 Å². The Hall–Kier alpha value is -2.25. The number of rotatable bonds is 6. The minimum atomic E-state index is -4.23. The fourth-order valence-corrected chi connectivity index (χ4v) is 4.39. The molecule has 2 aromatic rings. The molecule has 0 atom stereocenters. The molecule has 0 radical (unpaired) electrons. The van der Waals surface area contributed by atoms with E-state index < -0.39 is 26.7 Å². The maximum atomic E-state index is 12.4. The summed E-state index contributed by atoms with van der Waals surface area (Å²) in [6, 6.07) is 7.14. The van der Waals surface area contributed by atoms with E-state index in [9.17, 15) is 23.3 Å². The van der Waals surface area contributed by atoms with Gasteiger partial charge in [0.25, 0.3) is 21.7 Å². The van der Waals surface area contributed by atoms with Crippen LogP contribution >= 0.6 is 35.6 Å². The SMILES string of the molecule is O=C1C(=Cc2ccc(-c3ccc([N+](=O)[O-])cc3Cl)o2)SC(=S)N1CCS(=O)(=O)O. The third kappa shape index (κ3) is 5.03. The number of benzene rings is 1. The number of carbonyl (C=O) groups is 1. The van der Waals surface area contributed by atoms with Crippen LogP contribution in [0.5, 0.6) is 0 Å². The first-order valence-electron chi connectivity index (χ1n) is 7.80. The van der Waals surface area contributed by atoms with Gasteiger partial charge in [-0.2, -0.15) is 8.42 Å². The Morgan fingerprint density at radius 3 is 2.69 bits per heavy atom. The predicted molar refractivity (Wildman–Crippen MR) is 112 cm³/mol. The summed E-state index contributed by atoms with van der Waals surface area (Å²) in [4.78, 5) is 24.0. The van der Waals surface area contributed by atoms with Crippen LogP contribution in [0, 0.1) is 10.1 Å². The number of hydrogen-bond donors (Lipinski definition) is 1. The Morgan fingerprint density at radius 1 is 1.34 bits per heavy atom. The first-order chi connectivity index (χ1) is 13.5. The number of halogens is 1. The molecule has 1 amide bonds. The van der Waals surface area contributed by atoms with Crippen LogP contribution in [-0.4, -0.2) is 45.3 Å². The highest BCUT2D eigenvalue weighted by molar-refractivity contribution is 8.26. The molecule has 1 aliphatic rings. The second-order valence-corrected chi connectivity index (χ2v) is 9.40. The minimum Gasteiger partial charge on any atom is -0.457 e. The standard InChI is InChI=1S/C16H11ClN2O7S3/c17-12-7-9(19(21)22)1-3-11(12)13-4-2-10(26-13)8-14-15(20)18(16(27)28-14)5-6-29(23,24)25/h1-4,7-8H,5-6H2,(H,23,24,25). The number of nitro benzene ring substituents is 1. The lowest BCUT2D eigenvalue weighted by Gasteiger charge is -2.12. The van der Waals surface area contributed by atoms with Gasteiger partial charge in [0.1, 0.15) is 15.8 Å². The van der Waals surface area contributed by atoms with Crippen molar-refractivity contribution in [1.29, 1.82) is 0 Å². The number of hydrogen-bond acceptors (Lipinski definition) is 8. The lowest BCUT2D eigenvalue weighted by atomic mass is 10.1. The van der Waals surface area contributed by atoms with Gasteiger partial charge in [0.05, 0.1) is 20.6 Å². The lowest BCUT2D eigenvalue weighted by Crippen LogP contribution is -2.32. The molecule has 3 rings (SSSR count). The van der Waals surface area contributed by atoms with Crippen LogP contribution in [0.15, 0.2) is 39.7 Å². The van der Waals surface area contributed by atoms with E-state index in [2.05, 4.69) is 0 Å². The first-order valence-corrected chi connectivity index (χ1v) is 11.0. The van der Waals surface area contributed by atoms with Gasteiger partial charge in [0, 0.05) is 30.3 Å². The van der Waals surface area contributed by atoms with Crippen LogP contribution in [0.2, 0.25) is 5.02 Å². The summed E-state index contributed by atoms with van der Waals surface area (Å²) in [6.45, 7) is -0.261. The zero-order valence-corrected chi connectivity index (χ0v) is 17.5. The molecular formula is C16H11ClN2O7S3. The van der Waals surface area contributed by atoms with Gasteiger partial charge in [-0.3, -0.25) is 24.4 Å². The second-order valence-electron chi connectivity index (χ2n) is 5.74. The summed E-state index contributed by atoms with van der Waals surface area (Å²) in [5, 5.41) is 10.9. The molecule has 1 aliphatic heterocycles. The van der Waals surface area contributed by atoms with Crippen molar-refractivity contribution in [2.75, 3.05) is 12.3 Å². The van der Waals surface area contributed by atoms with E-state index in [4.69, 9.17) is 32.8 Å². The van der Waals surface area contributed by atoms with Crippen LogP contribution in [0.1, 0.15) is 5.76 Å². The Morgan fingerprint density at radius 2 is 2.07 bits per heavy atom. The molecule has 0 aliphatic carbocycles. The van der Waals surface area contributed by atoms with E-state index in [0.717, 1.165) is 16.7 Å². The maximum absolute atomic E-state index is 12.4. The van der Waals surface area contributed by atoms with Crippen molar-refractivity contribution >= 4 is 67.7 Å². The van der Waals surface area contributed by atoms with E-state index in [-0.39, 0.29) is 26.5 Å². The molecule has 0 bridgehead atoms. The number of furan rings is 1. The first kappa shape index (κ1) is 21.5. The van der Waals surface area contributed by atoms with Crippen molar-refractivity contribution < 1.29 is 27.1 Å². The highest BCUT2D eigenvalue weighted by Gasteiger charge is 2.32. The van der Waals surface area contributed by atoms with Crippen molar-refractivity contribution in [2.45, 2.75) is 0 Å². The summed E-state index contributed by atoms with van der Waals surface area (Å²) >= 11 is 12.1. The topological polar surface area (TPSA) is 131 Å². The van der Waals surface area contributed by atoms with Crippen molar-refractivity contribution in [2.24, 2.45) is 0 Å². The molecule has 1 aromatic heterocycles. The minimum absolute atomic E-state index is 0.136. The van der Waals surface area contributed by atoms with Gasteiger partial charge >= 0.3 is 0 Å². The van der Waals surface area contributed by atoms with E-state index >= 15 is 0 Å². The number of carbonyl (C=O) groups excluding carboxylic acids is 1. The Kier molecular flexibility index (Phi) is 6.10. The number of amides is 1. The summed E-state index contributed by atoms with van der Waals surface area (Å²) < 4.78 is 36.4. The summed E-state index contributed by atoms with van der Waals surface area (Å²) in [5.74, 6) is -0.478. The van der Waals surface area contributed by atoms with Crippen molar-refractivity contribution in [1.82, 2.24) is 4.90 Å². The lowest BCUT2D eigenvalue weighted by molar-refractivity contribution is -0.384. The summed E-state index contributed by atoms with van der Waals surface area (Å²) in [5.41, 5.74) is 0.289. The highest BCUT2D eigenvalue weighted by atomic mass is 35.5. The van der Waals surface area contributed by atoms with Gasteiger partial charge in [-0.15, -0.1) is 0 Å². The monoisotopic (exact) mass is 474 g/mol. The van der Waals surface area contributed by atoms with Gasteiger partial charge in [-0.05, 0) is 18.2 Å². The van der Waals surface area contributed by atoms with Crippen molar-refractivity contribution in [3.05, 3.63) is 56.1 Å². The Bertz CT molecular complexity index is 1160. The molecule has 0 unspecified atom stereocenters. The van der Waals surface area contributed by atoms with Crippen molar-refractivity contribution in [3.63, 3.8) is 0 Å². The van der Waals surface area contributed by atoms with E-state index in [1.807, 2.05) is 0 Å². The second kappa shape index (κ2) is 8.24. The van der Waals surface area contributed by atoms with E-state index in [1.165, 1.54) is 24.3 Å². The van der Waals surface area contributed by atoms with Gasteiger partial charge in [0.2, 0.25) is 0 Å². The average Bonchev–Trinajstić information content (AvgIpc) is 3.17. The van der Waals surface area contributed by atoms with Crippen LogP contribution < -0.4 is 0 Å². The third-order valence-electron chi connectivity index (χ3n) is 3.78. The molecule has 2 heterocycles. The average molecular weight is 475 g/mol. The van der Waals surface area contributed by atoms with E-state index in [0.29, 0.717) is 17.1 Å². The normalized spacial score (nSPS) is 16.1. The smallest absolute Gasteiger partial charge is 0.270 e. The van der Waals surface area contributed by atoms with Gasteiger partial charge in [-0.25, -0.2) is 0 Å². The molecule has 152 valence electrons. The molecular weight excluding hydrogens is 464 g/mol.